The number of amides is 2. The highest BCUT2D eigenvalue weighted by molar-refractivity contribution is 8.18. The SMILES string of the molecule is O=C1N=C(Nc2cc(NC(=O)C3CCC3)ccc2Cl)S/C1=C\c1ccc2nccnc2c1. The maximum Gasteiger partial charge on any atom is 0.286 e. The number of hydrogen-bond acceptors (Lipinski definition) is 6. The van der Waals surface area contributed by atoms with Crippen LogP contribution in [0.2, 0.25) is 5.02 Å². The fraction of sp³-hybridized carbons (Fsp3) is 0.174. The minimum atomic E-state index is -0.331. The fourth-order valence-corrected chi connectivity index (χ4v) is 4.40. The van der Waals surface area contributed by atoms with Gasteiger partial charge in [0.2, 0.25) is 5.91 Å². The Labute approximate surface area is 193 Å². The van der Waals surface area contributed by atoms with Gasteiger partial charge in [-0.3, -0.25) is 19.6 Å². The molecule has 32 heavy (non-hydrogen) atoms. The molecule has 2 amide bonds. The van der Waals surface area contributed by atoms with Gasteiger partial charge in [0, 0.05) is 24.0 Å². The Kier molecular flexibility index (Phi) is 5.63. The highest BCUT2D eigenvalue weighted by Gasteiger charge is 2.26. The zero-order valence-electron chi connectivity index (χ0n) is 16.8. The van der Waals surface area contributed by atoms with Crippen molar-refractivity contribution < 1.29 is 9.59 Å². The van der Waals surface area contributed by atoms with E-state index in [2.05, 4.69) is 25.6 Å². The molecule has 0 saturated heterocycles. The molecule has 7 nitrogen and oxygen atoms in total. The zero-order chi connectivity index (χ0) is 22.1. The lowest BCUT2D eigenvalue weighted by molar-refractivity contribution is -0.122. The molecular weight excluding hydrogens is 446 g/mol. The molecular formula is C23H18ClN5O2S. The van der Waals surface area contributed by atoms with Crippen LogP contribution in [0.25, 0.3) is 17.1 Å². The summed E-state index contributed by atoms with van der Waals surface area (Å²) < 4.78 is 0. The van der Waals surface area contributed by atoms with Gasteiger partial charge in [0.1, 0.15) is 0 Å². The molecule has 1 aliphatic heterocycles. The predicted octanol–water partition coefficient (Wildman–Crippen LogP) is 5.10. The summed E-state index contributed by atoms with van der Waals surface area (Å²) >= 11 is 7.55. The number of amidine groups is 1. The number of thioether (sulfide) groups is 1. The molecule has 1 fully saturated rings. The molecule has 1 aliphatic carbocycles. The largest absolute Gasteiger partial charge is 0.333 e. The van der Waals surface area contributed by atoms with Crippen LogP contribution in [0.1, 0.15) is 24.8 Å². The van der Waals surface area contributed by atoms with Gasteiger partial charge in [-0.2, -0.15) is 4.99 Å². The maximum atomic E-state index is 12.4. The number of halogens is 1. The molecule has 2 aliphatic rings. The quantitative estimate of drug-likeness (QED) is 0.522. The molecule has 3 aromatic rings. The van der Waals surface area contributed by atoms with Crippen molar-refractivity contribution in [2.75, 3.05) is 10.6 Å². The first-order valence-electron chi connectivity index (χ1n) is 10.2. The molecule has 0 unspecified atom stereocenters. The van der Waals surface area contributed by atoms with E-state index in [-0.39, 0.29) is 17.7 Å². The molecule has 9 heteroatoms. The van der Waals surface area contributed by atoms with E-state index in [0.29, 0.717) is 26.5 Å². The second kappa shape index (κ2) is 8.72. The third kappa shape index (κ3) is 4.37. The van der Waals surface area contributed by atoms with Gasteiger partial charge >= 0.3 is 0 Å². The van der Waals surface area contributed by atoms with Gasteiger partial charge in [0.25, 0.3) is 5.91 Å². The van der Waals surface area contributed by atoms with Crippen LogP contribution in [-0.2, 0) is 9.59 Å². The number of anilines is 2. The van der Waals surface area contributed by atoms with Gasteiger partial charge in [0.15, 0.2) is 5.17 Å². The summed E-state index contributed by atoms with van der Waals surface area (Å²) in [6.45, 7) is 0. The van der Waals surface area contributed by atoms with E-state index in [1.807, 2.05) is 18.2 Å². The minimum absolute atomic E-state index is 0.0255. The number of hydrogen-bond donors (Lipinski definition) is 2. The molecule has 0 atom stereocenters. The van der Waals surface area contributed by atoms with E-state index in [0.717, 1.165) is 35.9 Å². The molecule has 2 aromatic carbocycles. The van der Waals surface area contributed by atoms with Gasteiger partial charge < -0.3 is 10.6 Å². The van der Waals surface area contributed by atoms with E-state index in [1.165, 1.54) is 11.8 Å². The Balaban J connectivity index is 1.30. The lowest BCUT2D eigenvalue weighted by atomic mass is 9.85. The summed E-state index contributed by atoms with van der Waals surface area (Å²) in [6.07, 6.45) is 8.00. The van der Waals surface area contributed by atoms with Crippen LogP contribution in [0.15, 0.2) is 58.7 Å². The summed E-state index contributed by atoms with van der Waals surface area (Å²) in [5.41, 5.74) is 3.60. The van der Waals surface area contributed by atoms with Gasteiger partial charge in [0.05, 0.1) is 26.6 Å². The van der Waals surface area contributed by atoms with E-state index in [1.54, 1.807) is 36.7 Å². The Hall–Kier alpha value is -3.23. The average molecular weight is 464 g/mol. The number of carbonyl (C=O) groups is 2. The molecule has 5 rings (SSSR count). The number of nitrogens with one attached hydrogen (secondary N) is 2. The van der Waals surface area contributed by atoms with Crippen LogP contribution in [0.5, 0.6) is 0 Å². The third-order valence-electron chi connectivity index (χ3n) is 5.36. The Bertz CT molecular complexity index is 1300. The highest BCUT2D eigenvalue weighted by atomic mass is 35.5. The molecule has 0 radical (unpaired) electrons. The second-order valence-corrected chi connectivity index (χ2v) is 9.01. The van der Waals surface area contributed by atoms with E-state index < -0.39 is 0 Å². The Morgan fingerprint density at radius 2 is 1.91 bits per heavy atom. The van der Waals surface area contributed by atoms with Gasteiger partial charge in [-0.15, -0.1) is 0 Å². The van der Waals surface area contributed by atoms with Crippen LogP contribution in [0, 0.1) is 5.92 Å². The summed E-state index contributed by atoms with van der Waals surface area (Å²) in [7, 11) is 0. The summed E-state index contributed by atoms with van der Waals surface area (Å²) in [6, 6.07) is 10.8. The fourth-order valence-electron chi connectivity index (χ4n) is 3.41. The van der Waals surface area contributed by atoms with E-state index >= 15 is 0 Å². The number of aliphatic imine (C=N–C) groups is 1. The van der Waals surface area contributed by atoms with E-state index in [9.17, 15) is 9.59 Å². The molecule has 1 saturated carbocycles. The highest BCUT2D eigenvalue weighted by Crippen LogP contribution is 2.33. The van der Waals surface area contributed by atoms with Gasteiger partial charge in [-0.1, -0.05) is 24.1 Å². The molecule has 160 valence electrons. The number of aromatic nitrogens is 2. The second-order valence-electron chi connectivity index (χ2n) is 7.57. The first-order valence-corrected chi connectivity index (χ1v) is 11.4. The van der Waals surface area contributed by atoms with Crippen molar-refractivity contribution in [2.24, 2.45) is 10.9 Å². The lowest BCUT2D eigenvalue weighted by Crippen LogP contribution is -2.28. The van der Waals surface area contributed by atoms with Gasteiger partial charge in [-0.05, 0) is 66.6 Å². The third-order valence-corrected chi connectivity index (χ3v) is 6.59. The number of benzene rings is 2. The number of fused-ring (bicyclic) bond motifs is 1. The normalized spacial score (nSPS) is 17.3. The first-order chi connectivity index (χ1) is 15.5. The van der Waals surface area contributed by atoms with Gasteiger partial charge in [-0.25, -0.2) is 0 Å². The lowest BCUT2D eigenvalue weighted by Gasteiger charge is -2.24. The average Bonchev–Trinajstić information content (AvgIpc) is 3.07. The zero-order valence-corrected chi connectivity index (χ0v) is 18.4. The summed E-state index contributed by atoms with van der Waals surface area (Å²) in [5, 5.41) is 6.92. The molecule has 0 bridgehead atoms. The summed E-state index contributed by atoms with van der Waals surface area (Å²) in [5.74, 6) is -0.219. The minimum Gasteiger partial charge on any atom is -0.333 e. The molecule has 2 N–H and O–H groups in total. The summed E-state index contributed by atoms with van der Waals surface area (Å²) in [4.78, 5) is 37.8. The molecule has 1 aromatic heterocycles. The van der Waals surface area contributed by atoms with Crippen LogP contribution in [-0.4, -0.2) is 26.9 Å². The Morgan fingerprint density at radius 1 is 1.09 bits per heavy atom. The topological polar surface area (TPSA) is 96.3 Å². The van der Waals surface area contributed by atoms with Crippen LogP contribution >= 0.6 is 23.4 Å². The van der Waals surface area contributed by atoms with Crippen molar-refractivity contribution in [3.05, 3.63) is 64.3 Å². The van der Waals surface area contributed by atoms with E-state index in [4.69, 9.17) is 11.6 Å². The van der Waals surface area contributed by atoms with Crippen molar-refractivity contribution in [2.45, 2.75) is 19.3 Å². The maximum absolute atomic E-state index is 12.4. The van der Waals surface area contributed by atoms with Crippen molar-refractivity contribution in [1.29, 1.82) is 0 Å². The number of rotatable bonds is 4. The van der Waals surface area contributed by atoms with Crippen LogP contribution < -0.4 is 10.6 Å². The van der Waals surface area contributed by atoms with Crippen molar-refractivity contribution >= 4 is 68.8 Å². The van der Waals surface area contributed by atoms with Crippen molar-refractivity contribution in [3.8, 4) is 0 Å². The van der Waals surface area contributed by atoms with Crippen molar-refractivity contribution in [1.82, 2.24) is 9.97 Å². The van der Waals surface area contributed by atoms with Crippen LogP contribution in [0.3, 0.4) is 0 Å². The number of carbonyl (C=O) groups excluding carboxylic acids is 2. The van der Waals surface area contributed by atoms with Crippen molar-refractivity contribution in [3.63, 3.8) is 0 Å². The standard InChI is InChI=1S/C23H18ClN5O2S/c24-16-6-5-15(27-21(30)14-2-1-3-14)12-18(16)28-23-29-22(31)20(32-23)11-13-4-7-17-19(10-13)26-9-8-25-17/h4-12,14H,1-3H2,(H,27,30)(H,28,29,31)/b20-11-. The molecule has 0 spiro atoms. The molecule has 2 heterocycles. The monoisotopic (exact) mass is 463 g/mol. The number of nitrogens with zero attached hydrogens (tertiary/aromatic N) is 3. The smallest absolute Gasteiger partial charge is 0.286 e. The van der Waals surface area contributed by atoms with Crippen LogP contribution in [0.4, 0.5) is 11.4 Å². The predicted molar refractivity (Wildman–Crippen MR) is 129 cm³/mol. The Morgan fingerprint density at radius 3 is 2.69 bits per heavy atom. The first kappa shape index (κ1) is 20.7.